The highest BCUT2D eigenvalue weighted by molar-refractivity contribution is 5.91. The van der Waals surface area contributed by atoms with Gasteiger partial charge in [-0.1, -0.05) is 25.5 Å². The first-order chi connectivity index (χ1) is 14.6. The van der Waals surface area contributed by atoms with Gasteiger partial charge in [0.05, 0.1) is 19.7 Å². The molecule has 0 aromatic heterocycles. The Balaban J connectivity index is 2.79. The molecule has 0 bridgehead atoms. The molecule has 172 valence electrons. The minimum Gasteiger partial charge on any atom is -0.497 e. The van der Waals surface area contributed by atoms with Crippen LogP contribution in [0.1, 0.15) is 31.4 Å². The third-order valence-corrected chi connectivity index (χ3v) is 4.42. The third kappa shape index (κ3) is 8.13. The molecule has 1 aromatic rings. The molecule has 1 aromatic carbocycles. The molecule has 0 aliphatic rings. The maximum atomic E-state index is 12.5. The van der Waals surface area contributed by atoms with Crippen molar-refractivity contribution in [2.45, 2.75) is 38.0 Å². The predicted octanol–water partition coefficient (Wildman–Crippen LogP) is -0.146. The second-order valence-corrected chi connectivity index (χ2v) is 7.01. The highest BCUT2D eigenvalue weighted by atomic mass is 16.5. The van der Waals surface area contributed by atoms with Gasteiger partial charge in [-0.25, -0.2) is 4.79 Å². The van der Waals surface area contributed by atoms with E-state index < -0.39 is 42.6 Å². The standard InChI is InChI=1S/C20H30N4O7/c1-5-6-14(22-20(29)30)17(26)18(27)21-11-15(25)23-16(19(28)24(2)3)12-7-9-13(31-4)10-8-12/h7-10,14,16-17,22,26H,5-6,11H2,1-4H3,(H,21,27)(H,23,25)(H,29,30)/t14-,16-,17?/m0/s1. The van der Waals surface area contributed by atoms with Crippen molar-refractivity contribution in [3.63, 3.8) is 0 Å². The fourth-order valence-electron chi connectivity index (χ4n) is 2.79. The Kier molecular flexibility index (Phi) is 10.3. The lowest BCUT2D eigenvalue weighted by atomic mass is 10.0. The van der Waals surface area contributed by atoms with Crippen LogP contribution < -0.4 is 20.7 Å². The summed E-state index contributed by atoms with van der Waals surface area (Å²) in [5, 5.41) is 25.8. The van der Waals surface area contributed by atoms with E-state index in [1.807, 2.05) is 0 Å². The number of amides is 4. The Morgan fingerprint density at radius 2 is 1.71 bits per heavy atom. The number of carbonyl (C=O) groups excluding carboxylic acids is 3. The summed E-state index contributed by atoms with van der Waals surface area (Å²) >= 11 is 0. The number of rotatable bonds is 11. The van der Waals surface area contributed by atoms with Crippen molar-refractivity contribution in [1.29, 1.82) is 0 Å². The Hall–Kier alpha value is -3.34. The van der Waals surface area contributed by atoms with Crippen molar-refractivity contribution in [3.05, 3.63) is 29.8 Å². The van der Waals surface area contributed by atoms with Gasteiger partial charge in [-0.2, -0.15) is 0 Å². The molecule has 0 saturated heterocycles. The molecule has 11 nitrogen and oxygen atoms in total. The maximum absolute atomic E-state index is 12.5. The van der Waals surface area contributed by atoms with Gasteiger partial charge in [-0.3, -0.25) is 14.4 Å². The summed E-state index contributed by atoms with van der Waals surface area (Å²) in [6.45, 7) is 1.27. The average Bonchev–Trinajstić information content (AvgIpc) is 2.74. The molecule has 0 fully saturated rings. The Labute approximate surface area is 180 Å². The van der Waals surface area contributed by atoms with Crippen LogP contribution in [0.2, 0.25) is 0 Å². The first kappa shape index (κ1) is 25.7. The van der Waals surface area contributed by atoms with Crippen molar-refractivity contribution in [1.82, 2.24) is 20.9 Å². The van der Waals surface area contributed by atoms with Crippen LogP contribution >= 0.6 is 0 Å². The molecule has 1 unspecified atom stereocenters. The third-order valence-electron chi connectivity index (χ3n) is 4.42. The Morgan fingerprint density at radius 1 is 1.10 bits per heavy atom. The van der Waals surface area contributed by atoms with Crippen molar-refractivity contribution < 1.29 is 34.1 Å². The number of nitrogens with one attached hydrogen (secondary N) is 3. The lowest BCUT2D eigenvalue weighted by Gasteiger charge is -2.23. The van der Waals surface area contributed by atoms with Crippen LogP contribution in [0.5, 0.6) is 5.75 Å². The van der Waals surface area contributed by atoms with Crippen molar-refractivity contribution in [2.24, 2.45) is 0 Å². The molecule has 5 N–H and O–H groups in total. The number of hydrogen-bond acceptors (Lipinski definition) is 6. The first-order valence-electron chi connectivity index (χ1n) is 9.70. The van der Waals surface area contributed by atoms with Gasteiger partial charge in [0.15, 0.2) is 6.10 Å². The monoisotopic (exact) mass is 438 g/mol. The molecule has 0 aliphatic heterocycles. The predicted molar refractivity (Wildman–Crippen MR) is 111 cm³/mol. The van der Waals surface area contributed by atoms with Gasteiger partial charge < -0.3 is 35.8 Å². The summed E-state index contributed by atoms with van der Waals surface area (Å²) in [6.07, 6.45) is -2.26. The van der Waals surface area contributed by atoms with Crippen LogP contribution in [0.3, 0.4) is 0 Å². The number of carbonyl (C=O) groups is 4. The molecule has 3 atom stereocenters. The summed E-state index contributed by atoms with van der Waals surface area (Å²) in [5.74, 6) is -1.35. The quantitative estimate of drug-likeness (QED) is 0.322. The van der Waals surface area contributed by atoms with Crippen LogP contribution in [0.4, 0.5) is 4.79 Å². The topological polar surface area (TPSA) is 157 Å². The molecule has 31 heavy (non-hydrogen) atoms. The van der Waals surface area contributed by atoms with Crippen LogP contribution in [0.15, 0.2) is 24.3 Å². The Morgan fingerprint density at radius 3 is 2.19 bits per heavy atom. The van der Waals surface area contributed by atoms with E-state index in [4.69, 9.17) is 9.84 Å². The fourth-order valence-corrected chi connectivity index (χ4v) is 2.79. The maximum Gasteiger partial charge on any atom is 0.404 e. The Bertz CT molecular complexity index is 767. The molecule has 0 radical (unpaired) electrons. The molecule has 4 amide bonds. The second-order valence-electron chi connectivity index (χ2n) is 7.01. The molecule has 1 rings (SSSR count). The van der Waals surface area contributed by atoms with E-state index in [0.717, 1.165) is 0 Å². The number of hydrogen-bond donors (Lipinski definition) is 5. The summed E-state index contributed by atoms with van der Waals surface area (Å²) in [7, 11) is 4.60. The van der Waals surface area contributed by atoms with Crippen molar-refractivity contribution >= 4 is 23.8 Å². The number of methoxy groups -OCH3 is 1. The molecule has 0 aliphatic carbocycles. The lowest BCUT2D eigenvalue weighted by Crippen LogP contribution is -2.52. The highest BCUT2D eigenvalue weighted by Crippen LogP contribution is 2.19. The minimum atomic E-state index is -1.66. The van der Waals surface area contributed by atoms with Crippen molar-refractivity contribution in [3.8, 4) is 5.75 Å². The van der Waals surface area contributed by atoms with E-state index in [-0.39, 0.29) is 12.3 Å². The minimum absolute atomic E-state index is 0.240. The highest BCUT2D eigenvalue weighted by Gasteiger charge is 2.28. The van der Waals surface area contributed by atoms with Gasteiger partial charge in [0, 0.05) is 14.1 Å². The first-order valence-corrected chi connectivity index (χ1v) is 9.70. The summed E-state index contributed by atoms with van der Waals surface area (Å²) in [4.78, 5) is 49.2. The van der Waals surface area contributed by atoms with E-state index in [0.29, 0.717) is 17.7 Å². The van der Waals surface area contributed by atoms with E-state index >= 15 is 0 Å². The number of carboxylic acid groups (broad SMARTS) is 1. The lowest BCUT2D eigenvalue weighted by molar-refractivity contribution is -0.135. The molecular weight excluding hydrogens is 408 g/mol. The molecule has 0 saturated carbocycles. The zero-order chi connectivity index (χ0) is 23.6. The van der Waals surface area contributed by atoms with E-state index in [2.05, 4.69) is 16.0 Å². The number of aliphatic hydroxyl groups is 1. The zero-order valence-electron chi connectivity index (χ0n) is 18.0. The number of aliphatic hydroxyl groups excluding tert-OH is 1. The van der Waals surface area contributed by atoms with E-state index in [9.17, 15) is 24.3 Å². The van der Waals surface area contributed by atoms with Gasteiger partial charge in [-0.05, 0) is 24.1 Å². The fraction of sp³-hybridized carbons (Fsp3) is 0.500. The molecule has 11 heteroatoms. The van der Waals surface area contributed by atoms with Crippen LogP contribution in [-0.2, 0) is 14.4 Å². The normalized spacial score (nSPS) is 13.3. The van der Waals surface area contributed by atoms with Gasteiger partial charge in [0.25, 0.3) is 5.91 Å². The molecular formula is C20H30N4O7. The van der Waals surface area contributed by atoms with Crippen LogP contribution in [0, 0.1) is 0 Å². The van der Waals surface area contributed by atoms with Crippen LogP contribution in [-0.4, -0.2) is 78.8 Å². The number of nitrogens with zero attached hydrogens (tertiary/aromatic N) is 1. The summed E-state index contributed by atoms with van der Waals surface area (Å²) in [5.41, 5.74) is 0.521. The number of likely N-dealkylation sites (N-methyl/N-ethyl adjacent to an activating group) is 1. The second kappa shape index (κ2) is 12.4. The van der Waals surface area contributed by atoms with E-state index in [1.165, 1.54) is 12.0 Å². The SMILES string of the molecule is CCC[C@H](NC(=O)O)C(O)C(=O)NCC(=O)N[C@H](C(=O)N(C)C)c1ccc(OC)cc1. The zero-order valence-corrected chi connectivity index (χ0v) is 18.0. The summed E-state index contributed by atoms with van der Waals surface area (Å²) < 4.78 is 5.09. The average molecular weight is 438 g/mol. The largest absolute Gasteiger partial charge is 0.497 e. The molecule has 0 heterocycles. The van der Waals surface area contributed by atoms with Gasteiger partial charge in [0.2, 0.25) is 11.8 Å². The number of benzene rings is 1. The number of ether oxygens (including phenoxy) is 1. The van der Waals surface area contributed by atoms with Gasteiger partial charge >= 0.3 is 6.09 Å². The smallest absolute Gasteiger partial charge is 0.404 e. The van der Waals surface area contributed by atoms with Gasteiger partial charge in [-0.15, -0.1) is 0 Å². The van der Waals surface area contributed by atoms with E-state index in [1.54, 1.807) is 45.3 Å². The van der Waals surface area contributed by atoms with Crippen LogP contribution in [0.25, 0.3) is 0 Å². The van der Waals surface area contributed by atoms with Gasteiger partial charge in [0.1, 0.15) is 11.8 Å². The van der Waals surface area contributed by atoms with Crippen molar-refractivity contribution in [2.75, 3.05) is 27.7 Å². The summed E-state index contributed by atoms with van der Waals surface area (Å²) in [6, 6.07) is 4.59. The molecule has 0 spiro atoms.